The first-order valence-corrected chi connectivity index (χ1v) is 9.06. The molecule has 1 aliphatic carbocycles. The first kappa shape index (κ1) is 18.9. The average molecular weight is 299 g/mol. The summed E-state index contributed by atoms with van der Waals surface area (Å²) >= 11 is 0. The second kappa shape index (κ2) is 10.6. The van der Waals surface area contributed by atoms with Gasteiger partial charge in [0.15, 0.2) is 0 Å². The van der Waals surface area contributed by atoms with E-state index in [2.05, 4.69) is 26.1 Å². The summed E-state index contributed by atoms with van der Waals surface area (Å²) in [6.45, 7) is 9.48. The van der Waals surface area contributed by atoms with E-state index in [-0.39, 0.29) is 5.60 Å². The molecule has 21 heavy (non-hydrogen) atoms. The normalized spacial score (nSPS) is 21.7. The fourth-order valence-electron chi connectivity index (χ4n) is 3.84. The predicted molar refractivity (Wildman–Crippen MR) is 89.8 cm³/mol. The van der Waals surface area contributed by atoms with Crippen LogP contribution >= 0.6 is 0 Å². The fraction of sp³-hybridized carbons (Fsp3) is 1.00. The zero-order valence-electron chi connectivity index (χ0n) is 14.7. The lowest BCUT2D eigenvalue weighted by atomic mass is 9.78. The van der Waals surface area contributed by atoms with E-state index in [1.807, 2.05) is 0 Å². The summed E-state index contributed by atoms with van der Waals surface area (Å²) in [4.78, 5) is 0. The standard InChI is InChI=1S/C18H37NO2/c1-5-14-19-17(16(3)11-15-20-4)18(21-6-2)12-9-7-8-10-13-18/h16-17,19H,5-15H2,1-4H3. The van der Waals surface area contributed by atoms with E-state index in [0.29, 0.717) is 12.0 Å². The van der Waals surface area contributed by atoms with E-state index in [9.17, 15) is 0 Å². The smallest absolute Gasteiger partial charge is 0.0837 e. The quantitative estimate of drug-likeness (QED) is 0.615. The van der Waals surface area contributed by atoms with Crippen LogP contribution in [0.4, 0.5) is 0 Å². The summed E-state index contributed by atoms with van der Waals surface area (Å²) in [6, 6.07) is 0.450. The Kier molecular flexibility index (Phi) is 9.54. The number of hydrogen-bond acceptors (Lipinski definition) is 3. The Hall–Kier alpha value is -0.120. The Morgan fingerprint density at radius 1 is 1.10 bits per heavy atom. The van der Waals surface area contributed by atoms with Gasteiger partial charge in [0, 0.05) is 26.4 Å². The molecular weight excluding hydrogens is 262 g/mol. The highest BCUT2D eigenvalue weighted by atomic mass is 16.5. The highest BCUT2D eigenvalue weighted by Gasteiger charge is 2.41. The highest BCUT2D eigenvalue weighted by molar-refractivity contribution is 4.97. The van der Waals surface area contributed by atoms with Gasteiger partial charge in [0.2, 0.25) is 0 Å². The van der Waals surface area contributed by atoms with Crippen molar-refractivity contribution >= 4 is 0 Å². The van der Waals surface area contributed by atoms with Gasteiger partial charge in [-0.2, -0.15) is 0 Å². The third-order valence-electron chi connectivity index (χ3n) is 4.91. The molecule has 0 heterocycles. The van der Waals surface area contributed by atoms with Crippen LogP contribution in [0.1, 0.15) is 72.1 Å². The van der Waals surface area contributed by atoms with Gasteiger partial charge in [-0.15, -0.1) is 0 Å². The van der Waals surface area contributed by atoms with Crippen LogP contribution in [-0.2, 0) is 9.47 Å². The van der Waals surface area contributed by atoms with Gasteiger partial charge in [-0.05, 0) is 45.1 Å². The van der Waals surface area contributed by atoms with Gasteiger partial charge in [-0.1, -0.05) is 39.5 Å². The topological polar surface area (TPSA) is 30.5 Å². The molecule has 3 heteroatoms. The van der Waals surface area contributed by atoms with Gasteiger partial charge >= 0.3 is 0 Å². The SMILES string of the molecule is CCCNC(C(C)CCOC)C1(OCC)CCCCCC1. The average Bonchev–Trinajstić information content (AvgIpc) is 2.72. The molecule has 0 saturated heterocycles. The molecule has 1 aliphatic rings. The molecule has 2 unspecified atom stereocenters. The van der Waals surface area contributed by atoms with Crippen LogP contribution in [0.3, 0.4) is 0 Å². The van der Waals surface area contributed by atoms with Crippen LogP contribution in [0.5, 0.6) is 0 Å². The molecule has 0 aromatic heterocycles. The van der Waals surface area contributed by atoms with Gasteiger partial charge in [-0.25, -0.2) is 0 Å². The van der Waals surface area contributed by atoms with Crippen molar-refractivity contribution in [2.45, 2.75) is 83.8 Å². The molecule has 2 atom stereocenters. The predicted octanol–water partition coefficient (Wildman–Crippen LogP) is 4.16. The van der Waals surface area contributed by atoms with Crippen LogP contribution in [0.15, 0.2) is 0 Å². The molecule has 0 aromatic carbocycles. The minimum atomic E-state index is 0.0353. The first-order valence-electron chi connectivity index (χ1n) is 9.06. The molecule has 126 valence electrons. The summed E-state index contributed by atoms with van der Waals surface area (Å²) < 4.78 is 11.7. The molecule has 0 bridgehead atoms. The van der Waals surface area contributed by atoms with Gasteiger partial charge in [0.25, 0.3) is 0 Å². The lowest BCUT2D eigenvalue weighted by Crippen LogP contribution is -2.56. The maximum absolute atomic E-state index is 6.41. The monoisotopic (exact) mass is 299 g/mol. The van der Waals surface area contributed by atoms with Crippen LogP contribution in [-0.4, -0.2) is 38.5 Å². The van der Waals surface area contributed by atoms with E-state index in [1.54, 1.807) is 7.11 Å². The third kappa shape index (κ3) is 5.88. The van der Waals surface area contributed by atoms with Crippen LogP contribution < -0.4 is 5.32 Å². The van der Waals surface area contributed by atoms with Crippen molar-refractivity contribution in [1.29, 1.82) is 0 Å². The van der Waals surface area contributed by atoms with E-state index in [1.165, 1.54) is 44.9 Å². The van der Waals surface area contributed by atoms with E-state index < -0.39 is 0 Å². The molecule has 0 aliphatic heterocycles. The number of methoxy groups -OCH3 is 1. The Bertz CT molecular complexity index is 250. The van der Waals surface area contributed by atoms with Crippen molar-refractivity contribution in [2.24, 2.45) is 5.92 Å². The number of nitrogens with one attached hydrogen (secondary N) is 1. The minimum absolute atomic E-state index is 0.0353. The summed E-state index contributed by atoms with van der Waals surface area (Å²) in [6.07, 6.45) is 10.0. The highest BCUT2D eigenvalue weighted by Crippen LogP contribution is 2.37. The fourth-order valence-corrected chi connectivity index (χ4v) is 3.84. The molecular formula is C18H37NO2. The largest absolute Gasteiger partial charge is 0.385 e. The molecule has 3 nitrogen and oxygen atoms in total. The minimum Gasteiger partial charge on any atom is -0.385 e. The Balaban J connectivity index is 2.86. The Labute approximate surface area is 132 Å². The number of rotatable bonds is 10. The maximum Gasteiger partial charge on any atom is 0.0837 e. The molecule has 1 saturated carbocycles. The van der Waals surface area contributed by atoms with E-state index >= 15 is 0 Å². The van der Waals surface area contributed by atoms with Gasteiger partial charge < -0.3 is 14.8 Å². The Morgan fingerprint density at radius 2 is 1.76 bits per heavy atom. The van der Waals surface area contributed by atoms with Crippen LogP contribution in [0, 0.1) is 5.92 Å². The van der Waals surface area contributed by atoms with E-state index in [4.69, 9.17) is 9.47 Å². The van der Waals surface area contributed by atoms with Gasteiger partial charge in [0.05, 0.1) is 5.60 Å². The zero-order chi connectivity index (χ0) is 15.6. The summed E-state index contributed by atoms with van der Waals surface area (Å²) in [5, 5.41) is 3.82. The first-order chi connectivity index (χ1) is 10.2. The van der Waals surface area contributed by atoms with Crippen molar-refractivity contribution < 1.29 is 9.47 Å². The lowest BCUT2D eigenvalue weighted by molar-refractivity contribution is -0.0903. The number of hydrogen-bond donors (Lipinski definition) is 1. The molecule has 1 fully saturated rings. The summed E-state index contributed by atoms with van der Waals surface area (Å²) in [5.74, 6) is 0.584. The van der Waals surface area contributed by atoms with Gasteiger partial charge in [0.1, 0.15) is 0 Å². The molecule has 0 spiro atoms. The van der Waals surface area contributed by atoms with E-state index in [0.717, 1.165) is 26.2 Å². The Morgan fingerprint density at radius 3 is 2.29 bits per heavy atom. The van der Waals surface area contributed by atoms with Gasteiger partial charge in [-0.3, -0.25) is 0 Å². The molecule has 0 aromatic rings. The summed E-state index contributed by atoms with van der Waals surface area (Å²) in [7, 11) is 1.80. The van der Waals surface area contributed by atoms with Crippen LogP contribution in [0.2, 0.25) is 0 Å². The van der Waals surface area contributed by atoms with Crippen molar-refractivity contribution in [3.8, 4) is 0 Å². The third-order valence-corrected chi connectivity index (χ3v) is 4.91. The lowest BCUT2D eigenvalue weighted by Gasteiger charge is -2.44. The molecule has 0 radical (unpaired) electrons. The summed E-state index contributed by atoms with van der Waals surface area (Å²) in [5.41, 5.74) is 0.0353. The van der Waals surface area contributed by atoms with Crippen molar-refractivity contribution in [3.63, 3.8) is 0 Å². The zero-order valence-corrected chi connectivity index (χ0v) is 14.7. The second-order valence-corrected chi connectivity index (χ2v) is 6.60. The number of ether oxygens (including phenoxy) is 2. The molecule has 1 N–H and O–H groups in total. The van der Waals surface area contributed by atoms with Crippen LogP contribution in [0.25, 0.3) is 0 Å². The maximum atomic E-state index is 6.41. The molecule has 0 amide bonds. The van der Waals surface area contributed by atoms with Crippen molar-refractivity contribution in [1.82, 2.24) is 5.32 Å². The van der Waals surface area contributed by atoms with Crippen molar-refractivity contribution in [2.75, 3.05) is 26.9 Å². The molecule has 1 rings (SSSR count). The van der Waals surface area contributed by atoms with Crippen molar-refractivity contribution in [3.05, 3.63) is 0 Å². The second-order valence-electron chi connectivity index (χ2n) is 6.60.